The van der Waals surface area contributed by atoms with E-state index >= 15 is 0 Å². The molecule has 4 aliphatic rings. The zero-order valence-corrected chi connectivity index (χ0v) is 28.8. The third kappa shape index (κ3) is 34.5. The molecule has 0 atom stereocenters. The van der Waals surface area contributed by atoms with Crippen LogP contribution < -0.4 is 24.8 Å². The molecule has 0 fully saturated rings. The van der Waals surface area contributed by atoms with Gasteiger partial charge in [0.2, 0.25) is 0 Å². The van der Waals surface area contributed by atoms with E-state index in [0.717, 1.165) is 25.7 Å². The van der Waals surface area contributed by atoms with Crippen molar-refractivity contribution >= 4 is 12.4 Å². The van der Waals surface area contributed by atoms with Crippen LogP contribution in [-0.2, 0) is 38.3 Å². The van der Waals surface area contributed by atoms with Gasteiger partial charge in [-0.1, -0.05) is 13.8 Å². The second kappa shape index (κ2) is 29.6. The molecule has 184 valence electrons. The third-order valence-corrected chi connectivity index (χ3v) is 3.89. The minimum Gasteiger partial charge on any atom is -1.00 e. The van der Waals surface area contributed by atoms with Gasteiger partial charge in [0.25, 0.3) is 0 Å². The van der Waals surface area contributed by atoms with Crippen LogP contribution in [0.2, 0.25) is 26.2 Å². The minimum absolute atomic E-state index is 0. The van der Waals surface area contributed by atoms with E-state index in [1.54, 1.807) is 0 Å². The largest absolute Gasteiger partial charge is 1.00 e. The quantitative estimate of drug-likeness (QED) is 0.297. The maximum atomic E-state index is 3.12. The average Bonchev–Trinajstić information content (AvgIpc) is 3.50. The van der Waals surface area contributed by atoms with Crippen molar-refractivity contribution in [1.29, 1.82) is 0 Å². The second-order valence-electron chi connectivity index (χ2n) is 7.98. The number of hydrogen-bond acceptors (Lipinski definition) is 0. The summed E-state index contributed by atoms with van der Waals surface area (Å²) < 4.78 is 0. The summed E-state index contributed by atoms with van der Waals surface area (Å²) >= 11 is 4.54. The smallest absolute Gasteiger partial charge is 0.109 e. The molecular weight excluding hydrogens is 559 g/mol. The van der Waals surface area contributed by atoms with Gasteiger partial charge >= 0.3 is 76.9 Å². The molecule has 6 heteroatoms. The molecule has 0 aromatic rings. The molecule has 0 unspecified atom stereocenters. The average molecular weight is 599 g/mol. The molecule has 4 aliphatic carbocycles. The summed E-state index contributed by atoms with van der Waals surface area (Å²) in [5, 5.41) is 0. The summed E-state index contributed by atoms with van der Waals surface area (Å²) in [4.78, 5) is 0. The van der Waals surface area contributed by atoms with Crippen LogP contribution in [0.25, 0.3) is 0 Å². The van der Waals surface area contributed by atoms with Gasteiger partial charge in [-0.3, -0.25) is 24.3 Å². The van der Waals surface area contributed by atoms with Crippen LogP contribution in [-0.4, -0.2) is 12.4 Å². The molecular formula is C28H40Cl2Si2Ti2-2. The van der Waals surface area contributed by atoms with Crippen molar-refractivity contribution in [3.8, 4) is 0 Å². The van der Waals surface area contributed by atoms with Gasteiger partial charge in [-0.2, -0.15) is 23.3 Å². The number of halogens is 2. The van der Waals surface area contributed by atoms with Gasteiger partial charge in [-0.15, -0.1) is 39.5 Å². The van der Waals surface area contributed by atoms with Crippen molar-refractivity contribution in [1.82, 2.24) is 0 Å². The van der Waals surface area contributed by atoms with E-state index in [1.807, 2.05) is 24.3 Å². The molecule has 0 amide bonds. The van der Waals surface area contributed by atoms with Crippen molar-refractivity contribution in [2.24, 2.45) is 0 Å². The monoisotopic (exact) mass is 598 g/mol. The molecule has 0 spiro atoms. The SMILES string of the molecule is CC1=C(C)C[C-]=C1.CC1=C(C)C[C-]=C1.C[Si](C)=[Ti+2].C[Si](C)=[Ti+2].[C-]1=CC=CC1.[C-]1=CC=CC1.[Cl-].[Cl-]. The predicted molar refractivity (Wildman–Crippen MR) is 140 cm³/mol. The molecule has 0 N–H and O–H groups in total. The van der Waals surface area contributed by atoms with Crippen molar-refractivity contribution in [2.75, 3.05) is 0 Å². The van der Waals surface area contributed by atoms with E-state index in [4.69, 9.17) is 0 Å². The summed E-state index contributed by atoms with van der Waals surface area (Å²) in [7, 11) is 0. The summed E-state index contributed by atoms with van der Waals surface area (Å²) in [5.74, 6) is 0. The fraction of sp³-hybridized carbons (Fsp3) is 0.429. The van der Waals surface area contributed by atoms with Crippen molar-refractivity contribution < 1.29 is 63.2 Å². The standard InChI is InChI=1S/2C7H9.2C5H5.2C2H6Si.2ClH.2Ti/c2*1-6-4-3-5-7(6)2;2*1-2-4-5-3-1;2*1-3-2;;;;/h2*4H,5H2,1-2H3;2*1-3H,4H2;2*1-2H3;2*1H;;/q4*-1;;;;;2*+2/p-2. The molecule has 0 saturated heterocycles. The minimum atomic E-state index is 0. The topological polar surface area (TPSA) is 0 Å². The molecule has 0 radical (unpaired) electrons. The van der Waals surface area contributed by atoms with Crippen LogP contribution in [0.4, 0.5) is 0 Å². The zero-order chi connectivity index (χ0) is 24.8. The molecule has 0 heterocycles. The number of rotatable bonds is 0. The van der Waals surface area contributed by atoms with Gasteiger partial charge in [0.05, 0.1) is 0 Å². The Morgan fingerprint density at radius 2 is 0.912 bits per heavy atom. The molecule has 0 bridgehead atoms. The van der Waals surface area contributed by atoms with Crippen LogP contribution in [0.1, 0.15) is 53.4 Å². The van der Waals surface area contributed by atoms with E-state index in [1.165, 1.54) is 22.3 Å². The van der Waals surface area contributed by atoms with Crippen LogP contribution in [0.5, 0.6) is 0 Å². The molecule has 0 aromatic carbocycles. The Balaban J connectivity index is -0.000000160. The second-order valence-corrected chi connectivity index (χ2v) is 21.4. The fourth-order valence-electron chi connectivity index (χ4n) is 1.92. The van der Waals surface area contributed by atoms with E-state index in [-0.39, 0.29) is 37.2 Å². The first kappa shape index (κ1) is 41.5. The first-order chi connectivity index (χ1) is 15.1. The van der Waals surface area contributed by atoms with Crippen molar-refractivity contribution in [3.63, 3.8) is 0 Å². The van der Waals surface area contributed by atoms with Crippen LogP contribution in [0, 0.1) is 24.3 Å². The molecule has 0 aromatic heterocycles. The summed E-state index contributed by atoms with van der Waals surface area (Å²) in [6.45, 7) is 17.6. The van der Waals surface area contributed by atoms with Crippen molar-refractivity contribution in [3.05, 3.63) is 95.2 Å². The summed E-state index contributed by atoms with van der Waals surface area (Å²) in [6, 6.07) is 0. The number of allylic oxidation sites excluding steroid dienone is 16. The van der Waals surface area contributed by atoms with Crippen LogP contribution in [0.3, 0.4) is 0 Å². The first-order valence-electron chi connectivity index (χ1n) is 11.0. The van der Waals surface area contributed by atoms with Gasteiger partial charge < -0.3 is 24.8 Å². The summed E-state index contributed by atoms with van der Waals surface area (Å²) in [5.41, 5.74) is 5.69. The van der Waals surface area contributed by atoms with E-state index < -0.39 is 0 Å². The molecule has 4 rings (SSSR count). The van der Waals surface area contributed by atoms with Crippen LogP contribution in [0.15, 0.2) is 70.9 Å². The Hall–Kier alpha value is 0.362. The molecule has 0 aliphatic heterocycles. The Morgan fingerprint density at radius 3 is 0.971 bits per heavy atom. The van der Waals surface area contributed by atoms with Gasteiger partial charge in [-0.05, 0) is 0 Å². The Kier molecular flexibility index (Phi) is 36.1. The third-order valence-electron chi connectivity index (χ3n) is 3.89. The maximum Gasteiger partial charge on any atom is -0.109 e. The van der Waals surface area contributed by atoms with Gasteiger partial charge in [0.1, 0.15) is 0 Å². The van der Waals surface area contributed by atoms with E-state index in [0.29, 0.717) is 0 Å². The predicted octanol–water partition coefficient (Wildman–Crippen LogP) is 2.36. The molecule has 0 nitrogen and oxygen atoms in total. The Bertz CT molecular complexity index is 716. The summed E-state index contributed by atoms with van der Waals surface area (Å²) in [6.07, 6.45) is 32.7. The van der Waals surface area contributed by atoms with Gasteiger partial charge in [0.15, 0.2) is 0 Å². The maximum absolute atomic E-state index is 3.12. The zero-order valence-electron chi connectivity index (χ0n) is 22.2. The Morgan fingerprint density at radius 1 is 0.618 bits per heavy atom. The number of hydrogen-bond donors (Lipinski definition) is 0. The normalized spacial score (nSPS) is 14.7. The van der Waals surface area contributed by atoms with E-state index in [9.17, 15) is 0 Å². The van der Waals surface area contributed by atoms with Gasteiger partial charge in [0, 0.05) is 0 Å². The van der Waals surface area contributed by atoms with Crippen LogP contribution >= 0.6 is 0 Å². The fourth-order valence-corrected chi connectivity index (χ4v) is 1.92. The molecule has 0 saturated carbocycles. The first-order valence-corrected chi connectivity index (χ1v) is 20.7. The van der Waals surface area contributed by atoms with Gasteiger partial charge in [-0.25, -0.2) is 47.6 Å². The van der Waals surface area contributed by atoms with Crippen molar-refractivity contribution in [2.45, 2.75) is 79.6 Å². The molecule has 34 heavy (non-hydrogen) atoms. The Labute approximate surface area is 248 Å². The van der Waals surface area contributed by atoms with E-state index in [2.05, 4.69) is 141 Å².